The van der Waals surface area contributed by atoms with E-state index in [4.69, 9.17) is 5.73 Å². The van der Waals surface area contributed by atoms with Crippen LogP contribution in [-0.2, 0) is 0 Å². The van der Waals surface area contributed by atoms with Gasteiger partial charge in [-0.2, -0.15) is 0 Å². The van der Waals surface area contributed by atoms with Crippen LogP contribution in [0.2, 0.25) is 0 Å². The molecule has 3 heteroatoms. The molecule has 1 aromatic rings. The predicted molar refractivity (Wildman–Crippen MR) is 54.2 cm³/mol. The molecule has 0 bridgehead atoms. The van der Waals surface area contributed by atoms with E-state index in [-0.39, 0.29) is 11.5 Å². The minimum absolute atomic E-state index is 0.115. The topological polar surface area (TPSA) is 46.2 Å². The Kier molecular flexibility index (Phi) is 3.61. The van der Waals surface area contributed by atoms with Crippen molar-refractivity contribution in [2.75, 3.05) is 0 Å². The first-order chi connectivity index (χ1) is 6.54. The summed E-state index contributed by atoms with van der Waals surface area (Å²) in [6.45, 7) is 3.80. The van der Waals surface area contributed by atoms with E-state index in [1.54, 1.807) is 18.2 Å². The van der Waals surface area contributed by atoms with Crippen LogP contribution in [-0.4, -0.2) is 11.1 Å². The number of aliphatic hydroxyl groups is 1. The molecular formula is C11H16FNO. The van der Waals surface area contributed by atoms with Crippen molar-refractivity contribution in [2.45, 2.75) is 26.0 Å². The molecule has 2 unspecified atom stereocenters. The van der Waals surface area contributed by atoms with Gasteiger partial charge in [-0.25, -0.2) is 4.39 Å². The minimum Gasteiger partial charge on any atom is -0.387 e. The molecule has 0 saturated carbocycles. The zero-order chi connectivity index (χ0) is 10.7. The molecule has 0 saturated heterocycles. The van der Waals surface area contributed by atoms with Crippen molar-refractivity contribution in [3.8, 4) is 0 Å². The molecule has 0 amide bonds. The summed E-state index contributed by atoms with van der Waals surface area (Å²) in [6.07, 6.45) is -0.934. The van der Waals surface area contributed by atoms with Crippen molar-refractivity contribution in [3.05, 3.63) is 35.6 Å². The lowest BCUT2D eigenvalue weighted by atomic mass is 9.94. The van der Waals surface area contributed by atoms with Gasteiger partial charge >= 0.3 is 0 Å². The van der Waals surface area contributed by atoms with Crippen LogP contribution in [0.1, 0.15) is 25.5 Å². The molecule has 0 aliphatic carbocycles. The molecule has 0 radical (unpaired) electrons. The Morgan fingerprint density at radius 1 is 1.29 bits per heavy atom. The van der Waals surface area contributed by atoms with Crippen molar-refractivity contribution < 1.29 is 9.50 Å². The summed E-state index contributed by atoms with van der Waals surface area (Å²) >= 11 is 0. The third-order valence-electron chi connectivity index (χ3n) is 2.36. The molecule has 0 aliphatic heterocycles. The average Bonchev–Trinajstić information content (AvgIpc) is 2.16. The predicted octanol–water partition coefficient (Wildman–Crippen LogP) is 1.84. The van der Waals surface area contributed by atoms with E-state index in [2.05, 4.69) is 0 Å². The highest BCUT2D eigenvalue weighted by Crippen LogP contribution is 2.22. The maximum Gasteiger partial charge on any atom is 0.129 e. The van der Waals surface area contributed by atoms with Crippen LogP contribution >= 0.6 is 0 Å². The Morgan fingerprint density at radius 3 is 2.36 bits per heavy atom. The molecule has 0 aromatic heterocycles. The van der Waals surface area contributed by atoms with Crippen molar-refractivity contribution in [1.82, 2.24) is 0 Å². The van der Waals surface area contributed by atoms with Crippen LogP contribution in [0, 0.1) is 11.7 Å². The standard InChI is InChI=1S/C11H16FNO/c1-7(2)10(13)11(14)8-5-3-4-6-9(8)12/h3-7,10-11,14H,13H2,1-2H3. The lowest BCUT2D eigenvalue weighted by molar-refractivity contribution is 0.122. The van der Waals surface area contributed by atoms with Gasteiger partial charge in [-0.1, -0.05) is 32.0 Å². The Balaban J connectivity index is 2.89. The summed E-state index contributed by atoms with van der Waals surface area (Å²) < 4.78 is 13.2. The lowest BCUT2D eigenvalue weighted by Gasteiger charge is -2.22. The van der Waals surface area contributed by atoms with Crippen LogP contribution in [0.5, 0.6) is 0 Å². The third kappa shape index (κ3) is 2.30. The molecule has 2 nitrogen and oxygen atoms in total. The quantitative estimate of drug-likeness (QED) is 0.776. The fourth-order valence-corrected chi connectivity index (χ4v) is 1.29. The molecule has 3 N–H and O–H groups in total. The molecule has 0 aliphatic rings. The van der Waals surface area contributed by atoms with E-state index in [0.29, 0.717) is 0 Å². The summed E-state index contributed by atoms with van der Waals surface area (Å²) in [7, 11) is 0. The monoisotopic (exact) mass is 197 g/mol. The Morgan fingerprint density at radius 2 is 1.86 bits per heavy atom. The number of rotatable bonds is 3. The highest BCUT2D eigenvalue weighted by Gasteiger charge is 2.22. The SMILES string of the molecule is CC(C)C(N)C(O)c1ccccc1F. The van der Waals surface area contributed by atoms with Gasteiger partial charge in [0.05, 0.1) is 6.10 Å². The highest BCUT2D eigenvalue weighted by atomic mass is 19.1. The number of aliphatic hydroxyl groups excluding tert-OH is 1. The highest BCUT2D eigenvalue weighted by molar-refractivity contribution is 5.21. The van der Waals surface area contributed by atoms with E-state index in [9.17, 15) is 9.50 Å². The molecule has 2 atom stereocenters. The number of benzene rings is 1. The average molecular weight is 197 g/mol. The first-order valence-corrected chi connectivity index (χ1v) is 4.72. The number of halogens is 1. The zero-order valence-electron chi connectivity index (χ0n) is 8.44. The fourth-order valence-electron chi connectivity index (χ4n) is 1.29. The summed E-state index contributed by atoms with van der Waals surface area (Å²) in [6, 6.07) is 5.72. The van der Waals surface area contributed by atoms with Crippen LogP contribution in [0.3, 0.4) is 0 Å². The van der Waals surface area contributed by atoms with Gasteiger partial charge in [0.1, 0.15) is 5.82 Å². The van der Waals surface area contributed by atoms with Crippen LogP contribution in [0.15, 0.2) is 24.3 Å². The summed E-state index contributed by atoms with van der Waals surface area (Å²) in [4.78, 5) is 0. The van der Waals surface area contributed by atoms with E-state index in [1.807, 2.05) is 13.8 Å². The Hall–Kier alpha value is -0.930. The van der Waals surface area contributed by atoms with E-state index < -0.39 is 18.0 Å². The molecular weight excluding hydrogens is 181 g/mol. The first kappa shape index (κ1) is 11.1. The second-order valence-electron chi connectivity index (χ2n) is 3.79. The first-order valence-electron chi connectivity index (χ1n) is 4.72. The van der Waals surface area contributed by atoms with Crippen molar-refractivity contribution in [2.24, 2.45) is 11.7 Å². The number of nitrogens with two attached hydrogens (primary N) is 1. The summed E-state index contributed by atoms with van der Waals surface area (Å²) in [5.41, 5.74) is 6.02. The largest absolute Gasteiger partial charge is 0.387 e. The van der Waals surface area contributed by atoms with Gasteiger partial charge in [0.25, 0.3) is 0 Å². The van der Waals surface area contributed by atoms with E-state index in [1.165, 1.54) is 6.07 Å². The molecule has 0 spiro atoms. The molecule has 1 rings (SSSR count). The van der Waals surface area contributed by atoms with Crippen molar-refractivity contribution in [3.63, 3.8) is 0 Å². The van der Waals surface area contributed by atoms with Gasteiger partial charge in [-0.15, -0.1) is 0 Å². The second kappa shape index (κ2) is 4.53. The number of hydrogen-bond donors (Lipinski definition) is 2. The fraction of sp³-hybridized carbons (Fsp3) is 0.455. The van der Waals surface area contributed by atoms with Crippen molar-refractivity contribution >= 4 is 0 Å². The maximum atomic E-state index is 13.2. The van der Waals surface area contributed by atoms with Gasteiger partial charge in [-0.3, -0.25) is 0 Å². The lowest BCUT2D eigenvalue weighted by Crippen LogP contribution is -2.33. The van der Waals surface area contributed by atoms with Gasteiger partial charge in [0, 0.05) is 11.6 Å². The molecule has 78 valence electrons. The minimum atomic E-state index is -0.934. The third-order valence-corrected chi connectivity index (χ3v) is 2.36. The van der Waals surface area contributed by atoms with Crippen LogP contribution in [0.4, 0.5) is 4.39 Å². The number of hydrogen-bond acceptors (Lipinski definition) is 2. The second-order valence-corrected chi connectivity index (χ2v) is 3.79. The maximum absolute atomic E-state index is 13.2. The van der Waals surface area contributed by atoms with Crippen LogP contribution < -0.4 is 5.73 Å². The smallest absolute Gasteiger partial charge is 0.129 e. The van der Waals surface area contributed by atoms with Crippen molar-refractivity contribution in [1.29, 1.82) is 0 Å². The van der Waals surface area contributed by atoms with Crippen LogP contribution in [0.25, 0.3) is 0 Å². The van der Waals surface area contributed by atoms with Gasteiger partial charge < -0.3 is 10.8 Å². The molecule has 14 heavy (non-hydrogen) atoms. The van der Waals surface area contributed by atoms with Gasteiger partial charge in [-0.05, 0) is 12.0 Å². The Bertz CT molecular complexity index is 301. The molecule has 0 fully saturated rings. The zero-order valence-corrected chi connectivity index (χ0v) is 8.44. The molecule has 0 heterocycles. The van der Waals surface area contributed by atoms with E-state index >= 15 is 0 Å². The normalized spacial score (nSPS) is 15.6. The van der Waals surface area contributed by atoms with E-state index in [0.717, 1.165) is 0 Å². The summed E-state index contributed by atoms with van der Waals surface area (Å²) in [5, 5.41) is 9.78. The van der Waals surface area contributed by atoms with Gasteiger partial charge in [0.15, 0.2) is 0 Å². The Labute approximate surface area is 83.6 Å². The van der Waals surface area contributed by atoms with Gasteiger partial charge in [0.2, 0.25) is 0 Å². The molecule has 1 aromatic carbocycles. The summed E-state index contributed by atoms with van der Waals surface area (Å²) in [5.74, 6) is -0.291.